The number of rotatable bonds is 4. The van der Waals surface area contributed by atoms with E-state index < -0.39 is 5.91 Å². The number of hydrogen-bond donors (Lipinski definition) is 2. The van der Waals surface area contributed by atoms with Gasteiger partial charge in [-0.25, -0.2) is 0 Å². The Hall–Kier alpha value is -2.53. The molecule has 114 valence electrons. The lowest BCUT2D eigenvalue weighted by molar-refractivity contribution is 0.0996. The number of benzene rings is 2. The molecule has 2 aromatic carbocycles. The molecule has 0 aliphatic carbocycles. The van der Waals surface area contributed by atoms with Crippen LogP contribution in [0.1, 0.15) is 20.7 Å². The molecule has 0 fully saturated rings. The smallest absolute Gasteiger partial charge is 0.255 e. The van der Waals surface area contributed by atoms with Crippen LogP contribution in [0.2, 0.25) is 5.02 Å². The quantitative estimate of drug-likeness (QED) is 0.910. The molecule has 0 aliphatic rings. The van der Waals surface area contributed by atoms with Crippen LogP contribution >= 0.6 is 11.6 Å². The number of anilines is 2. The summed E-state index contributed by atoms with van der Waals surface area (Å²) in [6, 6.07) is 11.8. The van der Waals surface area contributed by atoms with E-state index in [9.17, 15) is 9.59 Å². The fourth-order valence-electron chi connectivity index (χ4n) is 1.91. The molecule has 2 aromatic rings. The summed E-state index contributed by atoms with van der Waals surface area (Å²) in [5.74, 6) is -0.917. The third-order valence-electron chi connectivity index (χ3n) is 3.14. The monoisotopic (exact) mass is 317 g/mol. The van der Waals surface area contributed by atoms with E-state index in [0.717, 1.165) is 5.69 Å². The van der Waals surface area contributed by atoms with Gasteiger partial charge in [0, 0.05) is 31.0 Å². The van der Waals surface area contributed by atoms with E-state index in [4.69, 9.17) is 17.3 Å². The van der Waals surface area contributed by atoms with Crippen molar-refractivity contribution >= 4 is 34.8 Å². The van der Waals surface area contributed by atoms with Gasteiger partial charge in [-0.15, -0.1) is 0 Å². The number of nitrogens with one attached hydrogen (secondary N) is 1. The topological polar surface area (TPSA) is 75.4 Å². The minimum Gasteiger partial charge on any atom is -0.378 e. The van der Waals surface area contributed by atoms with Gasteiger partial charge in [-0.05, 0) is 42.5 Å². The van der Waals surface area contributed by atoms with Gasteiger partial charge in [-0.3, -0.25) is 9.59 Å². The van der Waals surface area contributed by atoms with E-state index in [0.29, 0.717) is 11.3 Å². The third-order valence-corrected chi connectivity index (χ3v) is 3.47. The Labute approximate surface area is 133 Å². The molecule has 0 saturated heterocycles. The van der Waals surface area contributed by atoms with Crippen molar-refractivity contribution in [1.29, 1.82) is 0 Å². The van der Waals surface area contributed by atoms with Crippen molar-refractivity contribution in [1.82, 2.24) is 0 Å². The summed E-state index contributed by atoms with van der Waals surface area (Å²) in [6.07, 6.45) is 0. The van der Waals surface area contributed by atoms with Crippen LogP contribution in [0.5, 0.6) is 0 Å². The number of hydrogen-bond acceptors (Lipinski definition) is 3. The highest BCUT2D eigenvalue weighted by atomic mass is 35.5. The highest BCUT2D eigenvalue weighted by Crippen LogP contribution is 2.21. The molecule has 2 rings (SSSR count). The first-order valence-corrected chi connectivity index (χ1v) is 6.94. The van der Waals surface area contributed by atoms with Gasteiger partial charge in [-0.2, -0.15) is 0 Å². The zero-order valence-corrected chi connectivity index (χ0v) is 13.0. The van der Waals surface area contributed by atoms with E-state index >= 15 is 0 Å². The molecule has 0 saturated carbocycles. The molecule has 0 atom stereocenters. The van der Waals surface area contributed by atoms with Crippen LogP contribution < -0.4 is 16.0 Å². The summed E-state index contributed by atoms with van der Waals surface area (Å²) in [4.78, 5) is 25.4. The van der Waals surface area contributed by atoms with Crippen molar-refractivity contribution in [3.05, 3.63) is 58.6 Å². The number of nitrogens with zero attached hydrogens (tertiary/aromatic N) is 1. The van der Waals surface area contributed by atoms with Crippen molar-refractivity contribution < 1.29 is 9.59 Å². The minimum atomic E-state index is -0.642. The largest absolute Gasteiger partial charge is 0.378 e. The van der Waals surface area contributed by atoms with E-state index in [2.05, 4.69) is 5.32 Å². The number of carbonyl (C=O) groups is 2. The van der Waals surface area contributed by atoms with Gasteiger partial charge >= 0.3 is 0 Å². The first-order valence-electron chi connectivity index (χ1n) is 6.56. The highest BCUT2D eigenvalue weighted by molar-refractivity contribution is 6.34. The van der Waals surface area contributed by atoms with E-state index in [1.807, 2.05) is 31.1 Å². The van der Waals surface area contributed by atoms with Gasteiger partial charge < -0.3 is 16.0 Å². The van der Waals surface area contributed by atoms with Crippen LogP contribution in [0.3, 0.4) is 0 Å². The van der Waals surface area contributed by atoms with Crippen LogP contribution in [0.4, 0.5) is 11.4 Å². The van der Waals surface area contributed by atoms with Crippen molar-refractivity contribution in [2.75, 3.05) is 24.3 Å². The zero-order chi connectivity index (χ0) is 16.3. The molecule has 3 N–H and O–H groups in total. The molecule has 0 heterocycles. The van der Waals surface area contributed by atoms with Crippen LogP contribution in [0.15, 0.2) is 42.5 Å². The Kier molecular flexibility index (Phi) is 4.68. The molecule has 0 bridgehead atoms. The van der Waals surface area contributed by atoms with Crippen LogP contribution in [0, 0.1) is 0 Å². The molecule has 0 aliphatic heterocycles. The van der Waals surface area contributed by atoms with Gasteiger partial charge in [0.05, 0.1) is 10.6 Å². The Morgan fingerprint density at radius 2 is 1.73 bits per heavy atom. The number of amides is 2. The number of primary amides is 1. The second kappa shape index (κ2) is 6.49. The first kappa shape index (κ1) is 15.9. The molecule has 0 unspecified atom stereocenters. The predicted octanol–water partition coefficient (Wildman–Crippen LogP) is 2.76. The molecule has 5 nitrogen and oxygen atoms in total. The Bertz CT molecular complexity index is 712. The summed E-state index contributed by atoms with van der Waals surface area (Å²) in [6.45, 7) is 0. The van der Waals surface area contributed by atoms with Gasteiger partial charge in [-0.1, -0.05) is 11.6 Å². The van der Waals surface area contributed by atoms with E-state index in [-0.39, 0.29) is 16.5 Å². The third kappa shape index (κ3) is 3.56. The Morgan fingerprint density at radius 1 is 1.09 bits per heavy atom. The SMILES string of the molecule is CN(C)c1ccc(C(=O)Nc2ccc(Cl)c(C(N)=O)c2)cc1. The average Bonchev–Trinajstić information content (AvgIpc) is 2.49. The molecule has 22 heavy (non-hydrogen) atoms. The molecule has 0 aromatic heterocycles. The lowest BCUT2D eigenvalue weighted by atomic mass is 10.1. The Balaban J connectivity index is 2.18. The molecule has 2 amide bonds. The number of nitrogens with two attached hydrogens (primary N) is 1. The maximum atomic E-state index is 12.2. The fourth-order valence-corrected chi connectivity index (χ4v) is 2.12. The van der Waals surface area contributed by atoms with Crippen LogP contribution in [-0.2, 0) is 0 Å². The van der Waals surface area contributed by atoms with Gasteiger partial charge in [0.25, 0.3) is 5.91 Å². The average molecular weight is 318 g/mol. The van der Waals surface area contributed by atoms with Crippen LogP contribution in [-0.4, -0.2) is 25.9 Å². The number of halogens is 1. The van der Waals surface area contributed by atoms with Gasteiger partial charge in [0.15, 0.2) is 0 Å². The molecular formula is C16H16ClN3O2. The van der Waals surface area contributed by atoms with E-state index in [1.54, 1.807) is 18.2 Å². The second-order valence-electron chi connectivity index (χ2n) is 4.95. The van der Waals surface area contributed by atoms with Gasteiger partial charge in [0.2, 0.25) is 5.91 Å². The predicted molar refractivity (Wildman–Crippen MR) is 88.7 cm³/mol. The van der Waals surface area contributed by atoms with Crippen LogP contribution in [0.25, 0.3) is 0 Å². The molecule has 0 radical (unpaired) electrons. The summed E-state index contributed by atoms with van der Waals surface area (Å²) in [7, 11) is 3.85. The first-order chi connectivity index (χ1) is 10.4. The molecule has 0 spiro atoms. The van der Waals surface area contributed by atoms with Crippen molar-refractivity contribution in [3.8, 4) is 0 Å². The lowest BCUT2D eigenvalue weighted by Crippen LogP contribution is -2.15. The molecule has 6 heteroatoms. The standard InChI is InChI=1S/C16H16ClN3O2/c1-20(2)12-6-3-10(4-7-12)16(22)19-11-5-8-14(17)13(9-11)15(18)21/h3-9H,1-2H3,(H2,18,21)(H,19,22). The number of carbonyl (C=O) groups excluding carboxylic acids is 2. The van der Waals surface area contributed by atoms with Crippen molar-refractivity contribution in [2.45, 2.75) is 0 Å². The summed E-state index contributed by atoms with van der Waals surface area (Å²) >= 11 is 5.87. The van der Waals surface area contributed by atoms with Gasteiger partial charge in [0.1, 0.15) is 0 Å². The highest BCUT2D eigenvalue weighted by Gasteiger charge is 2.11. The minimum absolute atomic E-state index is 0.169. The van der Waals surface area contributed by atoms with E-state index in [1.165, 1.54) is 12.1 Å². The normalized spacial score (nSPS) is 10.1. The fraction of sp³-hybridized carbons (Fsp3) is 0.125. The second-order valence-corrected chi connectivity index (χ2v) is 5.36. The lowest BCUT2D eigenvalue weighted by Gasteiger charge is -2.13. The maximum Gasteiger partial charge on any atom is 0.255 e. The zero-order valence-electron chi connectivity index (χ0n) is 12.3. The van der Waals surface area contributed by atoms with Crippen molar-refractivity contribution in [3.63, 3.8) is 0 Å². The maximum absolute atomic E-state index is 12.2. The summed E-state index contributed by atoms with van der Waals surface area (Å²) in [5.41, 5.74) is 7.37. The Morgan fingerprint density at radius 3 is 2.27 bits per heavy atom. The summed E-state index contributed by atoms with van der Waals surface area (Å²) in [5, 5.41) is 2.96. The molecular weight excluding hydrogens is 302 g/mol. The van der Waals surface area contributed by atoms with Crippen molar-refractivity contribution in [2.24, 2.45) is 5.73 Å². The summed E-state index contributed by atoms with van der Waals surface area (Å²) < 4.78 is 0.